The second-order valence-electron chi connectivity index (χ2n) is 10.2. The number of alkyl carbamates (subject to hydrolysis) is 1. The standard InChI is InChI=1S/C29H38N4O4/c1-8-19(2)24(32-28(36)37-29(5,6)7)27(35)33(18-17-30)25(22-15-11-9-13-20(22)3)26(34)31-23-16-12-10-14-21(23)4/h9-16,19,24-25H,8,18H2,1-7H3,(H,31,34)(H,32,36). The zero-order valence-corrected chi connectivity index (χ0v) is 22.8. The smallest absolute Gasteiger partial charge is 0.408 e. The summed E-state index contributed by atoms with van der Waals surface area (Å²) in [5, 5.41) is 15.3. The number of anilines is 1. The van der Waals surface area contributed by atoms with Crippen LogP contribution in [-0.4, -0.2) is 41.0 Å². The number of aryl methyl sites for hydroxylation is 2. The molecule has 0 aliphatic carbocycles. The largest absolute Gasteiger partial charge is 0.444 e. The van der Waals surface area contributed by atoms with Crippen LogP contribution in [0.5, 0.6) is 0 Å². The summed E-state index contributed by atoms with van der Waals surface area (Å²) in [6.45, 7) is 12.3. The van der Waals surface area contributed by atoms with E-state index in [1.165, 1.54) is 4.90 Å². The predicted octanol–water partition coefficient (Wildman–Crippen LogP) is 5.27. The maximum atomic E-state index is 14.0. The summed E-state index contributed by atoms with van der Waals surface area (Å²) in [6, 6.07) is 14.5. The highest BCUT2D eigenvalue weighted by atomic mass is 16.6. The summed E-state index contributed by atoms with van der Waals surface area (Å²) in [5.74, 6) is -1.26. The van der Waals surface area contributed by atoms with Crippen LogP contribution in [0.25, 0.3) is 0 Å². The third-order valence-corrected chi connectivity index (χ3v) is 6.12. The van der Waals surface area contributed by atoms with Gasteiger partial charge in [0.25, 0.3) is 5.91 Å². The first-order chi connectivity index (χ1) is 17.4. The third-order valence-electron chi connectivity index (χ3n) is 6.12. The molecular formula is C29H38N4O4. The van der Waals surface area contributed by atoms with E-state index in [-0.39, 0.29) is 12.5 Å². The molecule has 2 aromatic rings. The molecule has 0 heterocycles. The third kappa shape index (κ3) is 8.07. The van der Waals surface area contributed by atoms with E-state index in [2.05, 4.69) is 10.6 Å². The molecule has 2 aromatic carbocycles. The van der Waals surface area contributed by atoms with Crippen molar-refractivity contribution in [2.24, 2.45) is 5.92 Å². The Bertz CT molecular complexity index is 1150. The normalized spacial score (nSPS) is 13.5. The van der Waals surface area contributed by atoms with Gasteiger partial charge in [0.15, 0.2) is 0 Å². The second-order valence-corrected chi connectivity index (χ2v) is 10.2. The first kappa shape index (κ1) is 29.4. The molecule has 0 aromatic heterocycles. The molecule has 0 saturated carbocycles. The van der Waals surface area contributed by atoms with Gasteiger partial charge in [-0.05, 0) is 63.3 Å². The van der Waals surface area contributed by atoms with Gasteiger partial charge in [-0.2, -0.15) is 5.26 Å². The number of carbonyl (C=O) groups excluding carboxylic acids is 3. The van der Waals surface area contributed by atoms with Crippen molar-refractivity contribution in [2.45, 2.75) is 72.6 Å². The molecule has 0 fully saturated rings. The monoisotopic (exact) mass is 506 g/mol. The molecule has 0 spiro atoms. The Morgan fingerprint density at radius 1 is 1.03 bits per heavy atom. The maximum Gasteiger partial charge on any atom is 0.408 e. The zero-order chi connectivity index (χ0) is 27.8. The number of nitrogens with zero attached hydrogens (tertiary/aromatic N) is 2. The fourth-order valence-corrected chi connectivity index (χ4v) is 3.93. The number of rotatable bonds is 9. The summed E-state index contributed by atoms with van der Waals surface area (Å²) < 4.78 is 5.39. The van der Waals surface area contributed by atoms with E-state index in [1.54, 1.807) is 39.0 Å². The highest BCUT2D eigenvalue weighted by Gasteiger charge is 2.38. The number of amides is 3. The van der Waals surface area contributed by atoms with Crippen molar-refractivity contribution in [3.8, 4) is 6.07 Å². The summed E-state index contributed by atoms with van der Waals surface area (Å²) in [4.78, 5) is 41.7. The van der Waals surface area contributed by atoms with Crippen LogP contribution in [0.2, 0.25) is 0 Å². The zero-order valence-electron chi connectivity index (χ0n) is 22.8. The highest BCUT2D eigenvalue weighted by Crippen LogP contribution is 2.28. The van der Waals surface area contributed by atoms with E-state index >= 15 is 0 Å². The van der Waals surface area contributed by atoms with Crippen LogP contribution >= 0.6 is 0 Å². The fourth-order valence-electron chi connectivity index (χ4n) is 3.93. The molecule has 3 amide bonds. The van der Waals surface area contributed by atoms with Gasteiger partial charge in [-0.15, -0.1) is 0 Å². The lowest BCUT2D eigenvalue weighted by atomic mass is 9.94. The molecule has 37 heavy (non-hydrogen) atoms. The lowest BCUT2D eigenvalue weighted by Crippen LogP contribution is -2.54. The molecule has 3 atom stereocenters. The van der Waals surface area contributed by atoms with Crippen molar-refractivity contribution in [3.05, 3.63) is 65.2 Å². The first-order valence-corrected chi connectivity index (χ1v) is 12.5. The Kier molecular flexibility index (Phi) is 10.2. The van der Waals surface area contributed by atoms with E-state index in [4.69, 9.17) is 4.74 Å². The minimum absolute atomic E-state index is 0.279. The number of benzene rings is 2. The van der Waals surface area contributed by atoms with E-state index in [0.717, 1.165) is 11.1 Å². The molecule has 8 heteroatoms. The fraction of sp³-hybridized carbons (Fsp3) is 0.448. The molecule has 0 aliphatic rings. The highest BCUT2D eigenvalue weighted by molar-refractivity contribution is 5.99. The van der Waals surface area contributed by atoms with E-state index < -0.39 is 35.6 Å². The van der Waals surface area contributed by atoms with Crippen LogP contribution in [0.15, 0.2) is 48.5 Å². The number of nitriles is 1. The Labute approximate surface area is 220 Å². The number of carbonyl (C=O) groups is 3. The van der Waals surface area contributed by atoms with Crippen molar-refractivity contribution in [2.75, 3.05) is 11.9 Å². The van der Waals surface area contributed by atoms with Crippen molar-refractivity contribution >= 4 is 23.6 Å². The van der Waals surface area contributed by atoms with Gasteiger partial charge in [-0.3, -0.25) is 9.59 Å². The van der Waals surface area contributed by atoms with Crippen LogP contribution in [0.3, 0.4) is 0 Å². The van der Waals surface area contributed by atoms with Gasteiger partial charge < -0.3 is 20.3 Å². The Hall–Kier alpha value is -3.86. The molecule has 8 nitrogen and oxygen atoms in total. The molecule has 0 bridgehead atoms. The average molecular weight is 507 g/mol. The lowest BCUT2D eigenvalue weighted by molar-refractivity contribution is -0.141. The molecule has 2 N–H and O–H groups in total. The molecule has 0 saturated heterocycles. The molecule has 198 valence electrons. The number of ether oxygens (including phenoxy) is 1. The predicted molar refractivity (Wildman–Crippen MR) is 144 cm³/mol. The molecule has 2 rings (SSSR count). The van der Waals surface area contributed by atoms with Crippen molar-refractivity contribution in [1.29, 1.82) is 5.26 Å². The lowest BCUT2D eigenvalue weighted by Gasteiger charge is -2.35. The maximum absolute atomic E-state index is 14.0. The minimum Gasteiger partial charge on any atom is -0.444 e. The van der Waals surface area contributed by atoms with Gasteiger partial charge in [-0.25, -0.2) is 4.79 Å². The van der Waals surface area contributed by atoms with Crippen molar-refractivity contribution < 1.29 is 19.1 Å². The van der Waals surface area contributed by atoms with Crippen LogP contribution in [0, 0.1) is 31.1 Å². The summed E-state index contributed by atoms with van der Waals surface area (Å²) >= 11 is 0. The number of para-hydroxylation sites is 1. The van der Waals surface area contributed by atoms with E-state index in [0.29, 0.717) is 17.7 Å². The Balaban J connectivity index is 2.55. The van der Waals surface area contributed by atoms with Gasteiger partial charge in [-0.1, -0.05) is 62.7 Å². The van der Waals surface area contributed by atoms with Crippen molar-refractivity contribution in [3.63, 3.8) is 0 Å². The average Bonchev–Trinajstić information content (AvgIpc) is 2.82. The number of hydrogen-bond donors (Lipinski definition) is 2. The summed E-state index contributed by atoms with van der Waals surface area (Å²) in [7, 11) is 0. The summed E-state index contributed by atoms with van der Waals surface area (Å²) in [5.41, 5.74) is 2.11. The van der Waals surface area contributed by atoms with Crippen molar-refractivity contribution in [1.82, 2.24) is 10.2 Å². The number of hydrogen-bond acceptors (Lipinski definition) is 5. The Morgan fingerprint density at radius 3 is 2.16 bits per heavy atom. The topological polar surface area (TPSA) is 112 Å². The second kappa shape index (κ2) is 12.9. The van der Waals surface area contributed by atoms with E-state index in [9.17, 15) is 19.6 Å². The molecular weight excluding hydrogens is 468 g/mol. The van der Waals surface area contributed by atoms with Crippen LogP contribution < -0.4 is 10.6 Å². The van der Waals surface area contributed by atoms with Gasteiger partial charge in [0.1, 0.15) is 24.2 Å². The quantitative estimate of drug-likeness (QED) is 0.450. The van der Waals surface area contributed by atoms with Gasteiger partial charge in [0, 0.05) is 5.69 Å². The minimum atomic E-state index is -1.10. The molecule has 0 aliphatic heterocycles. The first-order valence-electron chi connectivity index (χ1n) is 12.5. The number of nitrogens with one attached hydrogen (secondary N) is 2. The Morgan fingerprint density at radius 2 is 1.62 bits per heavy atom. The van der Waals surface area contributed by atoms with Gasteiger partial charge in [0.05, 0.1) is 6.07 Å². The van der Waals surface area contributed by atoms with Gasteiger partial charge in [0.2, 0.25) is 5.91 Å². The molecule has 0 radical (unpaired) electrons. The summed E-state index contributed by atoms with van der Waals surface area (Å²) in [6.07, 6.45) is -0.156. The molecule has 3 unspecified atom stereocenters. The van der Waals surface area contributed by atoms with Crippen LogP contribution in [0.1, 0.15) is 63.8 Å². The van der Waals surface area contributed by atoms with Crippen LogP contribution in [0.4, 0.5) is 10.5 Å². The van der Waals surface area contributed by atoms with E-state index in [1.807, 2.05) is 64.1 Å². The van der Waals surface area contributed by atoms with Crippen LogP contribution in [-0.2, 0) is 14.3 Å². The van der Waals surface area contributed by atoms with Gasteiger partial charge >= 0.3 is 6.09 Å². The SMILES string of the molecule is CCC(C)C(NC(=O)OC(C)(C)C)C(=O)N(CC#N)C(C(=O)Nc1ccccc1C)c1ccccc1C.